The smallest absolute Gasteiger partial charge is 0.170 e. The zero-order valence-electron chi connectivity index (χ0n) is 6.87. The Hall–Kier alpha value is -0.900. The van der Waals surface area contributed by atoms with E-state index in [1.807, 2.05) is 24.4 Å². The lowest BCUT2D eigenvalue weighted by atomic mass is 10.4. The van der Waals surface area contributed by atoms with Gasteiger partial charge in [-0.2, -0.15) is 0 Å². The average molecular weight is 226 g/mol. The molecule has 0 fully saturated rings. The number of hydrogen-bond acceptors (Lipinski definition) is 2. The Morgan fingerprint density at radius 3 is 2.83 bits per heavy atom. The van der Waals surface area contributed by atoms with E-state index in [0.717, 1.165) is 21.6 Å². The fourth-order valence-corrected chi connectivity index (χ4v) is 1.58. The van der Waals surface area contributed by atoms with Crippen molar-refractivity contribution in [2.45, 2.75) is 13.8 Å². The van der Waals surface area contributed by atoms with Crippen molar-refractivity contribution >= 4 is 21.6 Å². The van der Waals surface area contributed by atoms with Gasteiger partial charge < -0.3 is 4.40 Å². The van der Waals surface area contributed by atoms with E-state index in [2.05, 4.69) is 25.9 Å². The molecular weight excluding hydrogens is 218 g/mol. The molecule has 12 heavy (non-hydrogen) atoms. The molecule has 0 aliphatic carbocycles. The number of fused-ring (bicyclic) bond motifs is 1. The number of imidazole rings is 1. The molecule has 2 heterocycles. The van der Waals surface area contributed by atoms with Gasteiger partial charge in [0.05, 0.1) is 5.69 Å². The highest BCUT2D eigenvalue weighted by Gasteiger charge is 2.06. The third-order valence-electron chi connectivity index (χ3n) is 1.97. The lowest BCUT2D eigenvalue weighted by Gasteiger charge is -1.95. The van der Waals surface area contributed by atoms with E-state index >= 15 is 0 Å². The van der Waals surface area contributed by atoms with E-state index in [1.54, 1.807) is 6.20 Å². The van der Waals surface area contributed by atoms with Crippen molar-refractivity contribution in [3.63, 3.8) is 0 Å². The van der Waals surface area contributed by atoms with Crippen LogP contribution in [0, 0.1) is 13.8 Å². The van der Waals surface area contributed by atoms with Crippen LogP contribution in [0.25, 0.3) is 5.65 Å². The lowest BCUT2D eigenvalue weighted by molar-refractivity contribution is 1.05. The molecule has 0 aliphatic heterocycles. The van der Waals surface area contributed by atoms with Crippen molar-refractivity contribution in [1.29, 1.82) is 0 Å². The molecule has 0 radical (unpaired) electrons. The lowest BCUT2D eigenvalue weighted by Crippen LogP contribution is -1.89. The zero-order valence-corrected chi connectivity index (χ0v) is 8.46. The Morgan fingerprint density at radius 1 is 1.42 bits per heavy atom. The molecule has 0 saturated carbocycles. The van der Waals surface area contributed by atoms with E-state index in [1.165, 1.54) is 0 Å². The second-order valence-electron chi connectivity index (χ2n) is 2.69. The maximum Gasteiger partial charge on any atom is 0.170 e. The van der Waals surface area contributed by atoms with E-state index in [0.29, 0.717) is 0 Å². The van der Waals surface area contributed by atoms with Crippen LogP contribution in [0.3, 0.4) is 0 Å². The highest BCUT2D eigenvalue weighted by atomic mass is 79.9. The molecule has 2 rings (SSSR count). The summed E-state index contributed by atoms with van der Waals surface area (Å²) in [7, 11) is 0. The predicted octanol–water partition coefficient (Wildman–Crippen LogP) is 2.11. The summed E-state index contributed by atoms with van der Waals surface area (Å²) in [6.07, 6.45) is 3.67. The number of nitrogens with zero attached hydrogens (tertiary/aromatic N) is 3. The molecule has 0 spiro atoms. The molecule has 62 valence electrons. The van der Waals surface area contributed by atoms with Crippen molar-refractivity contribution in [1.82, 2.24) is 14.4 Å². The SMILES string of the molecule is Cc1nc2c(Br)nccn2c1C. The van der Waals surface area contributed by atoms with Gasteiger partial charge in [-0.1, -0.05) is 0 Å². The van der Waals surface area contributed by atoms with Gasteiger partial charge in [-0.25, -0.2) is 9.97 Å². The molecule has 3 nitrogen and oxygen atoms in total. The molecule has 0 unspecified atom stereocenters. The van der Waals surface area contributed by atoms with Crippen LogP contribution < -0.4 is 0 Å². The summed E-state index contributed by atoms with van der Waals surface area (Å²) in [6.45, 7) is 4.04. The topological polar surface area (TPSA) is 30.2 Å². The van der Waals surface area contributed by atoms with Crippen molar-refractivity contribution in [3.05, 3.63) is 28.4 Å². The molecule has 0 aromatic carbocycles. The maximum atomic E-state index is 4.37. The Balaban J connectivity index is 2.95. The van der Waals surface area contributed by atoms with Crippen LogP contribution in [-0.4, -0.2) is 14.4 Å². The Kier molecular flexibility index (Phi) is 1.65. The third-order valence-corrected chi connectivity index (χ3v) is 2.53. The van der Waals surface area contributed by atoms with Gasteiger partial charge in [-0.3, -0.25) is 0 Å². The third kappa shape index (κ3) is 0.948. The summed E-state index contributed by atoms with van der Waals surface area (Å²) in [6, 6.07) is 0. The first-order chi connectivity index (χ1) is 5.70. The Bertz CT molecular complexity index is 433. The number of halogens is 1. The molecule has 0 amide bonds. The summed E-state index contributed by atoms with van der Waals surface area (Å²) >= 11 is 3.35. The van der Waals surface area contributed by atoms with Crippen LogP contribution in [0.1, 0.15) is 11.4 Å². The summed E-state index contributed by atoms with van der Waals surface area (Å²) in [5, 5.41) is 0. The van der Waals surface area contributed by atoms with E-state index < -0.39 is 0 Å². The van der Waals surface area contributed by atoms with Gasteiger partial charge in [0, 0.05) is 18.1 Å². The van der Waals surface area contributed by atoms with E-state index in [4.69, 9.17) is 0 Å². The largest absolute Gasteiger partial charge is 0.300 e. The highest BCUT2D eigenvalue weighted by Crippen LogP contribution is 2.16. The first kappa shape index (κ1) is 7.73. The Morgan fingerprint density at radius 2 is 2.17 bits per heavy atom. The van der Waals surface area contributed by atoms with Crippen LogP contribution >= 0.6 is 15.9 Å². The summed E-state index contributed by atoms with van der Waals surface area (Å²) in [5.41, 5.74) is 3.09. The molecule has 0 aliphatic rings. The van der Waals surface area contributed by atoms with Gasteiger partial charge in [0.2, 0.25) is 0 Å². The van der Waals surface area contributed by atoms with Crippen molar-refractivity contribution in [2.75, 3.05) is 0 Å². The minimum absolute atomic E-state index is 0.793. The molecule has 0 bridgehead atoms. The first-order valence-electron chi connectivity index (χ1n) is 3.66. The van der Waals surface area contributed by atoms with Crippen LogP contribution in [0.2, 0.25) is 0 Å². The maximum absolute atomic E-state index is 4.37. The molecule has 0 atom stereocenters. The summed E-state index contributed by atoms with van der Waals surface area (Å²) in [4.78, 5) is 8.46. The fraction of sp³-hybridized carbons (Fsp3) is 0.250. The molecular formula is C8H8BrN3. The van der Waals surface area contributed by atoms with Gasteiger partial charge in [0.25, 0.3) is 0 Å². The quantitative estimate of drug-likeness (QED) is 0.688. The molecule has 2 aromatic rings. The van der Waals surface area contributed by atoms with Crippen LogP contribution in [0.15, 0.2) is 17.0 Å². The average Bonchev–Trinajstić information content (AvgIpc) is 2.32. The van der Waals surface area contributed by atoms with Gasteiger partial charge >= 0.3 is 0 Å². The molecule has 0 saturated heterocycles. The summed E-state index contributed by atoms with van der Waals surface area (Å²) in [5.74, 6) is 0. The molecule has 0 N–H and O–H groups in total. The standard InChI is InChI=1S/C8H8BrN3/c1-5-6(2)12-4-3-10-7(9)8(12)11-5/h3-4H,1-2H3. The second-order valence-corrected chi connectivity index (χ2v) is 3.45. The predicted molar refractivity (Wildman–Crippen MR) is 50.2 cm³/mol. The number of aryl methyl sites for hydroxylation is 2. The minimum Gasteiger partial charge on any atom is -0.300 e. The monoisotopic (exact) mass is 225 g/mol. The van der Waals surface area contributed by atoms with Gasteiger partial charge in [-0.05, 0) is 29.8 Å². The van der Waals surface area contributed by atoms with E-state index in [9.17, 15) is 0 Å². The van der Waals surface area contributed by atoms with Gasteiger partial charge in [0.1, 0.15) is 4.60 Å². The van der Waals surface area contributed by atoms with Crippen molar-refractivity contribution in [3.8, 4) is 0 Å². The van der Waals surface area contributed by atoms with Crippen LogP contribution in [0.5, 0.6) is 0 Å². The van der Waals surface area contributed by atoms with E-state index in [-0.39, 0.29) is 0 Å². The van der Waals surface area contributed by atoms with Gasteiger partial charge in [0.15, 0.2) is 5.65 Å². The first-order valence-corrected chi connectivity index (χ1v) is 4.45. The number of hydrogen-bond donors (Lipinski definition) is 0. The minimum atomic E-state index is 0.793. The summed E-state index contributed by atoms with van der Waals surface area (Å²) < 4.78 is 2.81. The normalized spacial score (nSPS) is 10.9. The second kappa shape index (κ2) is 2.55. The van der Waals surface area contributed by atoms with Gasteiger partial charge in [-0.15, -0.1) is 0 Å². The van der Waals surface area contributed by atoms with Crippen molar-refractivity contribution < 1.29 is 0 Å². The molecule has 2 aromatic heterocycles. The fourth-order valence-electron chi connectivity index (χ4n) is 1.18. The molecule has 4 heteroatoms. The Labute approximate surface area is 78.6 Å². The van der Waals surface area contributed by atoms with Crippen LogP contribution in [-0.2, 0) is 0 Å². The number of rotatable bonds is 0. The van der Waals surface area contributed by atoms with Crippen LogP contribution in [0.4, 0.5) is 0 Å². The highest BCUT2D eigenvalue weighted by molar-refractivity contribution is 9.10. The zero-order chi connectivity index (χ0) is 8.72. The van der Waals surface area contributed by atoms with Crippen molar-refractivity contribution in [2.24, 2.45) is 0 Å². The number of aromatic nitrogens is 3.